The third-order valence-corrected chi connectivity index (χ3v) is 7.87. The van der Waals surface area contributed by atoms with Crippen molar-refractivity contribution >= 4 is 33.0 Å². The molecular formula is C18H19N5O3S2. The highest BCUT2D eigenvalue weighted by molar-refractivity contribution is 7.91. The number of benzene rings is 1. The zero-order valence-corrected chi connectivity index (χ0v) is 16.6. The third kappa shape index (κ3) is 3.84. The summed E-state index contributed by atoms with van der Waals surface area (Å²) in [6, 6.07) is 10.5. The van der Waals surface area contributed by atoms with Crippen LogP contribution in [-0.2, 0) is 14.8 Å². The number of piperidine rings is 1. The van der Waals surface area contributed by atoms with Gasteiger partial charge in [0.15, 0.2) is 0 Å². The second-order valence-corrected chi connectivity index (χ2v) is 9.60. The third-order valence-electron chi connectivity index (χ3n) is 4.63. The highest BCUT2D eigenvalue weighted by atomic mass is 32.2. The Kier molecular flexibility index (Phi) is 5.25. The zero-order valence-electron chi connectivity index (χ0n) is 14.9. The molecule has 1 unspecified atom stereocenters. The summed E-state index contributed by atoms with van der Waals surface area (Å²) >= 11 is 1.19. The molecule has 1 aliphatic heterocycles. The van der Waals surface area contributed by atoms with Crippen LogP contribution in [0.2, 0.25) is 0 Å². The number of amides is 1. The molecule has 146 valence electrons. The first-order valence-electron chi connectivity index (χ1n) is 8.85. The van der Waals surface area contributed by atoms with Crippen LogP contribution in [0.25, 0.3) is 5.69 Å². The molecule has 2 aromatic heterocycles. The minimum Gasteiger partial charge on any atom is -0.326 e. The molecule has 3 heterocycles. The van der Waals surface area contributed by atoms with Gasteiger partial charge in [0.2, 0.25) is 5.91 Å². The Morgan fingerprint density at radius 2 is 1.89 bits per heavy atom. The monoisotopic (exact) mass is 417 g/mol. The van der Waals surface area contributed by atoms with E-state index in [0.717, 1.165) is 5.69 Å². The summed E-state index contributed by atoms with van der Waals surface area (Å²) in [6.07, 6.45) is 4.51. The number of nitrogens with zero attached hydrogens (tertiary/aromatic N) is 4. The van der Waals surface area contributed by atoms with E-state index in [1.165, 1.54) is 20.4 Å². The van der Waals surface area contributed by atoms with Gasteiger partial charge in [-0.2, -0.15) is 19.3 Å². The maximum atomic E-state index is 12.7. The summed E-state index contributed by atoms with van der Waals surface area (Å²) < 4.78 is 27.2. The van der Waals surface area contributed by atoms with Gasteiger partial charge in [-0.3, -0.25) is 4.79 Å². The summed E-state index contributed by atoms with van der Waals surface area (Å²) in [5.41, 5.74) is 1.44. The molecule has 1 aromatic carbocycles. The Labute approximate surface area is 166 Å². The zero-order chi connectivity index (χ0) is 19.6. The lowest BCUT2D eigenvalue weighted by Crippen LogP contribution is -2.43. The van der Waals surface area contributed by atoms with Crippen molar-refractivity contribution in [3.63, 3.8) is 0 Å². The van der Waals surface area contributed by atoms with Crippen LogP contribution >= 0.6 is 11.3 Å². The normalized spacial score (nSPS) is 18.1. The van der Waals surface area contributed by atoms with Crippen LogP contribution in [0, 0.1) is 5.92 Å². The van der Waals surface area contributed by atoms with Gasteiger partial charge in [0.25, 0.3) is 10.0 Å². The van der Waals surface area contributed by atoms with Gasteiger partial charge in [0, 0.05) is 18.8 Å². The first-order chi connectivity index (χ1) is 13.5. The van der Waals surface area contributed by atoms with Crippen LogP contribution in [0.5, 0.6) is 0 Å². The van der Waals surface area contributed by atoms with Crippen molar-refractivity contribution < 1.29 is 13.2 Å². The molecule has 1 atom stereocenters. The second kappa shape index (κ2) is 7.82. The van der Waals surface area contributed by atoms with Crippen LogP contribution in [-0.4, -0.2) is 46.7 Å². The molecule has 3 aromatic rings. The van der Waals surface area contributed by atoms with Crippen molar-refractivity contribution in [2.75, 3.05) is 18.4 Å². The number of hydrogen-bond acceptors (Lipinski definition) is 6. The van der Waals surface area contributed by atoms with Crippen LogP contribution in [0.3, 0.4) is 0 Å². The summed E-state index contributed by atoms with van der Waals surface area (Å²) in [5, 5.41) is 12.7. The van der Waals surface area contributed by atoms with Crippen molar-refractivity contribution in [3.05, 3.63) is 54.2 Å². The number of thiophene rings is 1. The Morgan fingerprint density at radius 3 is 2.57 bits per heavy atom. The average Bonchev–Trinajstić information content (AvgIpc) is 3.43. The van der Waals surface area contributed by atoms with Gasteiger partial charge < -0.3 is 5.32 Å². The lowest BCUT2D eigenvalue weighted by Gasteiger charge is -2.30. The first kappa shape index (κ1) is 18.8. The van der Waals surface area contributed by atoms with Gasteiger partial charge >= 0.3 is 0 Å². The predicted octanol–water partition coefficient (Wildman–Crippen LogP) is 2.37. The summed E-state index contributed by atoms with van der Waals surface area (Å²) in [7, 11) is -3.53. The quantitative estimate of drug-likeness (QED) is 0.687. The molecule has 0 aliphatic carbocycles. The minimum atomic E-state index is -3.53. The molecule has 28 heavy (non-hydrogen) atoms. The average molecular weight is 418 g/mol. The number of rotatable bonds is 5. The molecule has 10 heteroatoms. The van der Waals surface area contributed by atoms with Crippen LogP contribution < -0.4 is 5.32 Å². The highest BCUT2D eigenvalue weighted by Crippen LogP contribution is 2.27. The van der Waals surface area contributed by atoms with E-state index in [4.69, 9.17) is 0 Å². The standard InChI is InChI=1S/C18H19N5O3S2/c24-18(21-15-5-7-16(8-6-15)23-19-9-10-20-23)14-3-1-11-22(13-14)28(25,26)17-4-2-12-27-17/h2,4-10,12,14H,1,3,11,13H2,(H,21,24). The number of carbonyl (C=O) groups is 1. The van der Waals surface area contributed by atoms with Crippen LogP contribution in [0.4, 0.5) is 5.69 Å². The molecule has 1 saturated heterocycles. The molecule has 0 saturated carbocycles. The largest absolute Gasteiger partial charge is 0.326 e. The van der Waals surface area contributed by atoms with E-state index in [1.54, 1.807) is 42.0 Å². The van der Waals surface area contributed by atoms with Crippen molar-refractivity contribution in [1.29, 1.82) is 0 Å². The lowest BCUT2D eigenvalue weighted by atomic mass is 9.98. The van der Waals surface area contributed by atoms with Crippen LogP contribution in [0.1, 0.15) is 12.8 Å². The fourth-order valence-corrected chi connectivity index (χ4v) is 5.85. The van der Waals surface area contributed by atoms with Crippen molar-refractivity contribution in [2.24, 2.45) is 5.92 Å². The smallest absolute Gasteiger partial charge is 0.252 e. The Hall–Kier alpha value is -2.56. The fourth-order valence-electron chi connectivity index (χ4n) is 3.18. The maximum absolute atomic E-state index is 12.7. The Morgan fingerprint density at radius 1 is 1.14 bits per heavy atom. The summed E-state index contributed by atoms with van der Waals surface area (Å²) in [6.45, 7) is 0.636. The molecule has 0 bridgehead atoms. The van der Waals surface area contributed by atoms with Crippen molar-refractivity contribution in [1.82, 2.24) is 19.3 Å². The number of carbonyl (C=O) groups excluding carboxylic acids is 1. The Balaban J connectivity index is 1.42. The lowest BCUT2D eigenvalue weighted by molar-refractivity contribution is -0.120. The number of hydrogen-bond donors (Lipinski definition) is 1. The molecular weight excluding hydrogens is 398 g/mol. The van der Waals surface area contributed by atoms with Gasteiger partial charge in [-0.25, -0.2) is 8.42 Å². The first-order valence-corrected chi connectivity index (χ1v) is 11.2. The number of nitrogens with one attached hydrogen (secondary N) is 1. The van der Waals surface area contributed by atoms with E-state index in [9.17, 15) is 13.2 Å². The second-order valence-electron chi connectivity index (χ2n) is 6.49. The molecule has 0 radical (unpaired) electrons. The summed E-state index contributed by atoms with van der Waals surface area (Å²) in [4.78, 5) is 14.2. The van der Waals surface area contributed by atoms with E-state index < -0.39 is 10.0 Å². The number of sulfonamides is 1. The predicted molar refractivity (Wildman–Crippen MR) is 106 cm³/mol. The van der Waals surface area contributed by atoms with E-state index in [-0.39, 0.29) is 18.4 Å². The van der Waals surface area contributed by atoms with Gasteiger partial charge in [0.1, 0.15) is 4.21 Å². The molecule has 1 fully saturated rings. The van der Waals surface area contributed by atoms with Crippen molar-refractivity contribution in [2.45, 2.75) is 17.1 Å². The van der Waals surface area contributed by atoms with Crippen LogP contribution in [0.15, 0.2) is 58.4 Å². The number of anilines is 1. The van der Waals surface area contributed by atoms with E-state index >= 15 is 0 Å². The number of aromatic nitrogens is 3. The maximum Gasteiger partial charge on any atom is 0.252 e. The topological polar surface area (TPSA) is 97.2 Å². The molecule has 1 N–H and O–H groups in total. The fraction of sp³-hybridized carbons (Fsp3) is 0.278. The minimum absolute atomic E-state index is 0.170. The van der Waals surface area contributed by atoms with Gasteiger partial charge in [-0.15, -0.1) is 11.3 Å². The van der Waals surface area contributed by atoms with E-state index in [0.29, 0.717) is 29.3 Å². The van der Waals surface area contributed by atoms with Crippen molar-refractivity contribution in [3.8, 4) is 5.69 Å². The Bertz CT molecular complexity index is 1030. The summed E-state index contributed by atoms with van der Waals surface area (Å²) in [5.74, 6) is -0.549. The molecule has 4 rings (SSSR count). The van der Waals surface area contributed by atoms with E-state index in [1.807, 2.05) is 12.1 Å². The molecule has 0 spiro atoms. The highest BCUT2D eigenvalue weighted by Gasteiger charge is 2.33. The van der Waals surface area contributed by atoms with Gasteiger partial charge in [-0.1, -0.05) is 6.07 Å². The molecule has 8 nitrogen and oxygen atoms in total. The molecule has 1 aliphatic rings. The van der Waals surface area contributed by atoms with Gasteiger partial charge in [-0.05, 0) is 48.6 Å². The van der Waals surface area contributed by atoms with Gasteiger partial charge in [0.05, 0.1) is 24.0 Å². The SMILES string of the molecule is O=C(Nc1ccc(-n2nccn2)cc1)C1CCCN(S(=O)(=O)c2cccs2)C1. The molecule has 1 amide bonds. The van der Waals surface area contributed by atoms with E-state index in [2.05, 4.69) is 15.5 Å².